The van der Waals surface area contributed by atoms with Gasteiger partial charge in [-0.1, -0.05) is 51.0 Å². The summed E-state index contributed by atoms with van der Waals surface area (Å²) in [5, 5.41) is 6.54. The van der Waals surface area contributed by atoms with E-state index in [4.69, 9.17) is 11.6 Å². The average Bonchev–Trinajstić information content (AvgIpc) is 2.72. The highest BCUT2D eigenvalue weighted by Crippen LogP contribution is 2.20. The molecule has 0 aliphatic heterocycles. The highest BCUT2D eigenvalue weighted by Gasteiger charge is 2.07. The normalized spacial score (nSPS) is 10.7. The van der Waals surface area contributed by atoms with Crippen molar-refractivity contribution in [3.8, 4) is 0 Å². The number of aromatic nitrogens is 3. The van der Waals surface area contributed by atoms with Crippen molar-refractivity contribution in [2.24, 2.45) is 0 Å². The summed E-state index contributed by atoms with van der Waals surface area (Å²) in [6, 6.07) is 16.6. The summed E-state index contributed by atoms with van der Waals surface area (Å²) in [5.41, 5.74) is 4.49. The lowest BCUT2D eigenvalue weighted by Crippen LogP contribution is -2.04. The molecule has 0 aliphatic carbocycles. The molecular weight excluding hydrogens is 382 g/mol. The predicted molar refractivity (Wildman–Crippen MR) is 122 cm³/mol. The summed E-state index contributed by atoms with van der Waals surface area (Å²) in [5.74, 6) is 0.821. The third-order valence-corrected chi connectivity index (χ3v) is 4.84. The zero-order valence-electron chi connectivity index (χ0n) is 17.1. The molecule has 3 rings (SSSR count). The van der Waals surface area contributed by atoms with Gasteiger partial charge in [-0.3, -0.25) is 0 Å². The van der Waals surface area contributed by atoms with Crippen molar-refractivity contribution in [3.05, 3.63) is 64.9 Å². The summed E-state index contributed by atoms with van der Waals surface area (Å²) in [6.45, 7) is 4.40. The van der Waals surface area contributed by atoms with Crippen molar-refractivity contribution in [2.75, 3.05) is 10.6 Å². The van der Waals surface area contributed by atoms with Crippen LogP contribution in [-0.4, -0.2) is 15.0 Å². The second-order valence-electron chi connectivity index (χ2n) is 7.10. The van der Waals surface area contributed by atoms with Crippen LogP contribution in [0.25, 0.3) is 0 Å². The quantitative estimate of drug-likeness (QED) is 0.390. The Hall–Kier alpha value is -2.66. The van der Waals surface area contributed by atoms with Gasteiger partial charge in [-0.2, -0.15) is 15.0 Å². The van der Waals surface area contributed by atoms with Gasteiger partial charge in [0, 0.05) is 11.4 Å². The van der Waals surface area contributed by atoms with Gasteiger partial charge in [0.25, 0.3) is 0 Å². The van der Waals surface area contributed by atoms with Crippen LogP contribution in [0.2, 0.25) is 5.28 Å². The molecule has 1 aromatic heterocycles. The van der Waals surface area contributed by atoms with Crippen molar-refractivity contribution in [1.29, 1.82) is 0 Å². The Labute approximate surface area is 178 Å². The lowest BCUT2D eigenvalue weighted by Gasteiger charge is -2.09. The summed E-state index contributed by atoms with van der Waals surface area (Å²) in [4.78, 5) is 12.8. The number of hydrogen-bond acceptors (Lipinski definition) is 5. The molecule has 0 fully saturated rings. The van der Waals surface area contributed by atoms with E-state index in [2.05, 4.69) is 63.7 Å². The largest absolute Gasteiger partial charge is 0.324 e. The molecule has 5 nitrogen and oxygen atoms in total. The van der Waals surface area contributed by atoms with Crippen LogP contribution in [0.1, 0.15) is 50.7 Å². The van der Waals surface area contributed by atoms with E-state index in [1.54, 1.807) is 0 Å². The molecule has 0 bridgehead atoms. The van der Waals surface area contributed by atoms with Gasteiger partial charge in [-0.05, 0) is 72.7 Å². The third-order valence-electron chi connectivity index (χ3n) is 4.67. The number of rotatable bonds is 10. The minimum absolute atomic E-state index is 0.143. The van der Waals surface area contributed by atoms with Crippen molar-refractivity contribution >= 4 is 34.9 Å². The van der Waals surface area contributed by atoms with Gasteiger partial charge >= 0.3 is 0 Å². The zero-order chi connectivity index (χ0) is 20.5. The molecule has 2 aromatic carbocycles. The second kappa shape index (κ2) is 10.8. The first-order chi connectivity index (χ1) is 14.2. The second-order valence-corrected chi connectivity index (χ2v) is 7.44. The Morgan fingerprint density at radius 3 is 1.45 bits per heavy atom. The highest BCUT2D eigenvalue weighted by molar-refractivity contribution is 6.28. The van der Waals surface area contributed by atoms with Gasteiger partial charge in [-0.25, -0.2) is 0 Å². The predicted octanol–water partition coefficient (Wildman–Crippen LogP) is 6.70. The number of nitrogens with one attached hydrogen (secondary N) is 2. The molecule has 0 aliphatic rings. The van der Waals surface area contributed by atoms with Gasteiger partial charge in [0.1, 0.15) is 0 Å². The standard InChI is InChI=1S/C23H28ClN5/c1-3-5-7-17-9-13-19(14-10-17)25-22-27-21(24)28-23(29-22)26-20-15-11-18(12-16-20)8-6-4-2/h9-16H,3-8H2,1-2H3,(H2,25,26,27,28,29). The number of unbranched alkanes of at least 4 members (excludes halogenated alkanes) is 2. The SMILES string of the molecule is CCCCc1ccc(Nc2nc(Cl)nc(Nc3ccc(CCCC)cc3)n2)cc1. The van der Waals surface area contributed by atoms with Crippen LogP contribution >= 0.6 is 11.6 Å². The summed E-state index contributed by atoms with van der Waals surface area (Å²) in [7, 11) is 0. The molecule has 0 atom stereocenters. The molecule has 1 heterocycles. The van der Waals surface area contributed by atoms with E-state index < -0.39 is 0 Å². The van der Waals surface area contributed by atoms with Gasteiger partial charge in [-0.15, -0.1) is 0 Å². The van der Waals surface area contributed by atoms with E-state index >= 15 is 0 Å². The van der Waals surface area contributed by atoms with Gasteiger partial charge in [0.2, 0.25) is 17.2 Å². The fraction of sp³-hybridized carbons (Fsp3) is 0.348. The van der Waals surface area contributed by atoms with Crippen molar-refractivity contribution in [2.45, 2.75) is 52.4 Å². The molecule has 0 radical (unpaired) electrons. The van der Waals surface area contributed by atoms with E-state index in [0.29, 0.717) is 11.9 Å². The Morgan fingerprint density at radius 1 is 0.655 bits per heavy atom. The Bertz CT molecular complexity index is 822. The number of benzene rings is 2. The monoisotopic (exact) mass is 409 g/mol. The number of anilines is 4. The lowest BCUT2D eigenvalue weighted by atomic mass is 10.1. The first-order valence-corrected chi connectivity index (χ1v) is 10.7. The van der Waals surface area contributed by atoms with Crippen LogP contribution in [0, 0.1) is 0 Å². The first kappa shape index (κ1) is 21.1. The van der Waals surface area contributed by atoms with Gasteiger partial charge in [0.15, 0.2) is 0 Å². The summed E-state index contributed by atoms with van der Waals surface area (Å²) in [6.07, 6.45) is 6.98. The molecule has 0 saturated heterocycles. The van der Waals surface area contributed by atoms with Crippen LogP contribution < -0.4 is 10.6 Å². The minimum Gasteiger partial charge on any atom is -0.324 e. The van der Waals surface area contributed by atoms with Gasteiger partial charge < -0.3 is 10.6 Å². The maximum absolute atomic E-state index is 6.11. The Kier molecular flexibility index (Phi) is 7.82. The molecule has 29 heavy (non-hydrogen) atoms. The molecule has 0 amide bonds. The highest BCUT2D eigenvalue weighted by atomic mass is 35.5. The first-order valence-electron chi connectivity index (χ1n) is 10.3. The van der Waals surface area contributed by atoms with Crippen molar-refractivity contribution in [1.82, 2.24) is 15.0 Å². The van der Waals surface area contributed by atoms with Crippen LogP contribution in [0.5, 0.6) is 0 Å². The maximum atomic E-state index is 6.11. The molecule has 2 N–H and O–H groups in total. The third kappa shape index (κ3) is 6.71. The molecule has 3 aromatic rings. The van der Waals surface area contributed by atoms with Crippen LogP contribution in [0.15, 0.2) is 48.5 Å². The number of hydrogen-bond donors (Lipinski definition) is 2. The number of nitrogens with zero attached hydrogens (tertiary/aromatic N) is 3. The Morgan fingerprint density at radius 2 is 1.07 bits per heavy atom. The maximum Gasteiger partial charge on any atom is 0.233 e. The Balaban J connectivity index is 1.66. The molecular formula is C23H28ClN5. The van der Waals surface area contributed by atoms with Crippen molar-refractivity contribution in [3.63, 3.8) is 0 Å². The average molecular weight is 410 g/mol. The van der Waals surface area contributed by atoms with E-state index in [1.165, 1.54) is 36.8 Å². The molecule has 0 unspecified atom stereocenters. The van der Waals surface area contributed by atoms with Gasteiger partial charge in [0.05, 0.1) is 0 Å². The molecule has 0 spiro atoms. The van der Waals surface area contributed by atoms with Crippen molar-refractivity contribution < 1.29 is 0 Å². The smallest absolute Gasteiger partial charge is 0.233 e. The van der Waals surface area contributed by atoms with E-state index in [9.17, 15) is 0 Å². The number of halogens is 1. The molecule has 152 valence electrons. The topological polar surface area (TPSA) is 62.7 Å². The lowest BCUT2D eigenvalue weighted by molar-refractivity contribution is 0.795. The fourth-order valence-corrected chi connectivity index (χ4v) is 3.15. The van der Waals surface area contributed by atoms with E-state index in [-0.39, 0.29) is 5.28 Å². The summed E-state index contributed by atoms with van der Waals surface area (Å²) >= 11 is 6.11. The molecule has 0 saturated carbocycles. The van der Waals surface area contributed by atoms with Crippen LogP contribution in [-0.2, 0) is 12.8 Å². The zero-order valence-corrected chi connectivity index (χ0v) is 17.8. The van der Waals surface area contributed by atoms with E-state index in [1.807, 2.05) is 24.3 Å². The number of aryl methyl sites for hydroxylation is 2. The van der Waals surface area contributed by atoms with Crippen LogP contribution in [0.4, 0.5) is 23.3 Å². The molecule has 6 heteroatoms. The summed E-state index contributed by atoms with van der Waals surface area (Å²) < 4.78 is 0. The van der Waals surface area contributed by atoms with Crippen LogP contribution in [0.3, 0.4) is 0 Å². The minimum atomic E-state index is 0.143. The fourth-order valence-electron chi connectivity index (χ4n) is 2.99. The van der Waals surface area contributed by atoms with E-state index in [0.717, 1.165) is 24.2 Å².